The van der Waals surface area contributed by atoms with E-state index in [4.69, 9.17) is 28.5 Å². The molecule has 1 saturated carbocycles. The van der Waals surface area contributed by atoms with Crippen LogP contribution in [-0.2, 0) is 23.7 Å². The number of nitrogens with one attached hydrogen (secondary N) is 1. The second kappa shape index (κ2) is 13.0. The van der Waals surface area contributed by atoms with E-state index in [1.165, 1.54) is 6.26 Å². The predicted molar refractivity (Wildman–Crippen MR) is 132 cm³/mol. The maximum absolute atomic E-state index is 13.5. The second-order valence-electron chi connectivity index (χ2n) is 9.07. The van der Waals surface area contributed by atoms with Crippen molar-refractivity contribution in [2.75, 3.05) is 46.2 Å². The highest BCUT2D eigenvalue weighted by molar-refractivity contribution is 5.91. The average Bonchev–Trinajstić information content (AvgIpc) is 3.72. The lowest BCUT2D eigenvalue weighted by atomic mass is 9.81. The molecule has 196 valence electrons. The van der Waals surface area contributed by atoms with Gasteiger partial charge in [0.1, 0.15) is 5.58 Å². The van der Waals surface area contributed by atoms with E-state index < -0.39 is 12.2 Å². The molecule has 3 atom stereocenters. The number of hydrogen-bond donors (Lipinski definition) is 2. The fraction of sp³-hybridized carbons (Fsp3) is 0.556. The van der Waals surface area contributed by atoms with E-state index in [1.807, 2.05) is 13.0 Å². The van der Waals surface area contributed by atoms with Crippen LogP contribution in [0.4, 0.5) is 0 Å². The van der Waals surface area contributed by atoms with Gasteiger partial charge in [0.2, 0.25) is 6.29 Å². The molecule has 4 rings (SSSR count). The normalized spacial score (nSPS) is 21.7. The predicted octanol–water partition coefficient (Wildman–Crippen LogP) is 2.71. The topological polar surface area (TPSA) is 116 Å². The van der Waals surface area contributed by atoms with Gasteiger partial charge in [-0.1, -0.05) is 12.1 Å². The Hall–Kier alpha value is -2.72. The summed E-state index contributed by atoms with van der Waals surface area (Å²) in [7, 11) is 0. The number of benzene rings is 1. The lowest BCUT2D eigenvalue weighted by Gasteiger charge is -2.36. The van der Waals surface area contributed by atoms with Crippen LogP contribution in [0.3, 0.4) is 0 Å². The molecule has 0 saturated heterocycles. The van der Waals surface area contributed by atoms with Crippen LogP contribution in [0, 0.1) is 11.8 Å². The van der Waals surface area contributed by atoms with Crippen LogP contribution in [0.15, 0.2) is 51.6 Å². The summed E-state index contributed by atoms with van der Waals surface area (Å²) >= 11 is 0. The van der Waals surface area contributed by atoms with E-state index in [0.29, 0.717) is 61.8 Å². The molecule has 2 N–H and O–H groups in total. The van der Waals surface area contributed by atoms with Crippen molar-refractivity contribution in [3.05, 3.63) is 58.2 Å². The monoisotopic (exact) mass is 501 g/mol. The average molecular weight is 502 g/mol. The Balaban J connectivity index is 1.59. The van der Waals surface area contributed by atoms with Gasteiger partial charge in [-0.15, -0.1) is 0 Å². The van der Waals surface area contributed by atoms with Gasteiger partial charge in [-0.3, -0.25) is 9.59 Å². The first-order valence-corrected chi connectivity index (χ1v) is 12.7. The van der Waals surface area contributed by atoms with Crippen LogP contribution in [0.2, 0.25) is 0 Å². The number of hydrogen-bond acceptors (Lipinski definition) is 8. The smallest absolute Gasteiger partial charge is 0.286 e. The van der Waals surface area contributed by atoms with Gasteiger partial charge in [-0.25, -0.2) is 0 Å². The van der Waals surface area contributed by atoms with Gasteiger partial charge in [0.15, 0.2) is 11.2 Å². The molecule has 1 aliphatic heterocycles. The molecule has 0 unspecified atom stereocenters. The van der Waals surface area contributed by atoms with E-state index in [2.05, 4.69) is 5.32 Å². The van der Waals surface area contributed by atoms with Crippen molar-refractivity contribution >= 4 is 16.9 Å². The minimum atomic E-state index is -0.730. The third-order valence-electron chi connectivity index (χ3n) is 6.46. The van der Waals surface area contributed by atoms with Crippen molar-refractivity contribution in [3.8, 4) is 0 Å². The lowest BCUT2D eigenvalue weighted by molar-refractivity contribution is -0.168. The minimum Gasteiger partial charge on any atom is -0.464 e. The Kier molecular flexibility index (Phi) is 9.52. The molecule has 2 aromatic rings. The number of carbonyl (C=O) groups excluding carboxylic acids is 1. The Morgan fingerprint density at radius 3 is 2.67 bits per heavy atom. The fourth-order valence-corrected chi connectivity index (χ4v) is 4.37. The quantitative estimate of drug-likeness (QED) is 0.380. The maximum Gasteiger partial charge on any atom is 0.286 e. The van der Waals surface area contributed by atoms with E-state index >= 15 is 0 Å². The Bertz CT molecular complexity index is 1090. The molecule has 0 radical (unpaired) electrons. The summed E-state index contributed by atoms with van der Waals surface area (Å²) in [6.45, 7) is 4.22. The molecule has 1 aromatic heterocycles. The maximum atomic E-state index is 13.5. The van der Waals surface area contributed by atoms with Crippen molar-refractivity contribution in [3.63, 3.8) is 0 Å². The summed E-state index contributed by atoms with van der Waals surface area (Å²) in [5.41, 5.74) is 0.815. The van der Waals surface area contributed by atoms with Gasteiger partial charge in [-0.2, -0.15) is 0 Å². The highest BCUT2D eigenvalue weighted by atomic mass is 16.7. The molecular weight excluding hydrogens is 466 g/mol. The number of rotatable bonds is 14. The van der Waals surface area contributed by atoms with E-state index in [1.54, 1.807) is 24.3 Å². The first-order chi connectivity index (χ1) is 17.6. The summed E-state index contributed by atoms with van der Waals surface area (Å²) in [5, 5.41) is 12.2. The van der Waals surface area contributed by atoms with Crippen LogP contribution in [0.1, 0.15) is 37.7 Å². The molecule has 2 heterocycles. The molecule has 9 heteroatoms. The van der Waals surface area contributed by atoms with Crippen LogP contribution in [0.5, 0.6) is 0 Å². The molecular formula is C27H35NO8. The van der Waals surface area contributed by atoms with Gasteiger partial charge in [-0.05, 0) is 50.3 Å². The van der Waals surface area contributed by atoms with E-state index in [-0.39, 0.29) is 36.2 Å². The zero-order valence-corrected chi connectivity index (χ0v) is 20.6. The number of fused-ring (bicyclic) bond motifs is 1. The Labute approximate surface area is 210 Å². The van der Waals surface area contributed by atoms with Gasteiger partial charge in [0.25, 0.3) is 5.91 Å². The molecule has 0 spiro atoms. The van der Waals surface area contributed by atoms with Gasteiger partial charge in [0, 0.05) is 37.2 Å². The number of carbonyl (C=O) groups is 1. The van der Waals surface area contributed by atoms with Crippen molar-refractivity contribution in [2.24, 2.45) is 11.8 Å². The SMILES string of the molecule is CCO[C@H]1OC(C(=O)NCC2CC2)=C[C@@H](c2coc3ccccc3c2=O)[C@@H]1CCOCCOCCO. The van der Waals surface area contributed by atoms with Crippen LogP contribution < -0.4 is 10.7 Å². The molecule has 1 amide bonds. The van der Waals surface area contributed by atoms with Gasteiger partial charge in [0.05, 0.1) is 38.1 Å². The third-order valence-corrected chi connectivity index (χ3v) is 6.46. The van der Waals surface area contributed by atoms with E-state index in [9.17, 15) is 9.59 Å². The van der Waals surface area contributed by atoms with Gasteiger partial charge >= 0.3 is 0 Å². The van der Waals surface area contributed by atoms with Crippen molar-refractivity contribution in [1.82, 2.24) is 5.32 Å². The standard InChI is InChI=1S/C27H35NO8/c1-2-34-27-19(9-11-32-13-14-33-12-10-29)21(15-24(36-27)26(31)28-16-18-7-8-18)22-17-35-23-6-4-3-5-20(23)25(22)30/h3-6,15,17-19,21,27,29H,2,7-14,16H2,1H3,(H,28,31)/t19-,21+,27-/m0/s1. The molecule has 1 aromatic carbocycles. The molecule has 9 nitrogen and oxygen atoms in total. The van der Waals surface area contributed by atoms with Crippen molar-refractivity contribution in [1.29, 1.82) is 0 Å². The summed E-state index contributed by atoms with van der Waals surface area (Å²) in [4.78, 5) is 26.4. The molecule has 0 bridgehead atoms. The Morgan fingerprint density at radius 2 is 1.92 bits per heavy atom. The van der Waals surface area contributed by atoms with Crippen molar-refractivity contribution < 1.29 is 33.3 Å². The largest absolute Gasteiger partial charge is 0.464 e. The highest BCUT2D eigenvalue weighted by Crippen LogP contribution is 2.38. The summed E-state index contributed by atoms with van der Waals surface area (Å²) in [6, 6.07) is 7.11. The van der Waals surface area contributed by atoms with E-state index in [0.717, 1.165) is 12.8 Å². The summed E-state index contributed by atoms with van der Waals surface area (Å²) < 4.78 is 28.7. The summed E-state index contributed by atoms with van der Waals surface area (Å²) in [6.07, 6.45) is 5.23. The molecule has 2 aliphatic rings. The Morgan fingerprint density at radius 1 is 1.14 bits per heavy atom. The van der Waals surface area contributed by atoms with Crippen LogP contribution >= 0.6 is 0 Å². The highest BCUT2D eigenvalue weighted by Gasteiger charge is 2.39. The fourth-order valence-electron chi connectivity index (χ4n) is 4.37. The number of ether oxygens (including phenoxy) is 4. The number of aliphatic hydroxyl groups is 1. The second-order valence-corrected chi connectivity index (χ2v) is 9.07. The first-order valence-electron chi connectivity index (χ1n) is 12.7. The van der Waals surface area contributed by atoms with Crippen LogP contribution in [-0.4, -0.2) is 63.5 Å². The number of amides is 1. The number of aliphatic hydroxyl groups excluding tert-OH is 1. The number of allylic oxidation sites excluding steroid dienone is 1. The lowest BCUT2D eigenvalue weighted by Crippen LogP contribution is -2.40. The zero-order valence-electron chi connectivity index (χ0n) is 20.6. The van der Waals surface area contributed by atoms with Gasteiger partial charge < -0.3 is 33.8 Å². The summed E-state index contributed by atoms with van der Waals surface area (Å²) in [5.74, 6) is -0.381. The minimum absolute atomic E-state index is 0.0334. The zero-order chi connectivity index (χ0) is 25.3. The molecule has 1 aliphatic carbocycles. The van der Waals surface area contributed by atoms with Crippen LogP contribution in [0.25, 0.3) is 11.0 Å². The molecule has 1 fully saturated rings. The first kappa shape index (κ1) is 26.3. The number of para-hydroxylation sites is 1. The third kappa shape index (κ3) is 6.73. The van der Waals surface area contributed by atoms with Crippen molar-refractivity contribution in [2.45, 2.75) is 38.4 Å². The molecule has 36 heavy (non-hydrogen) atoms.